The lowest BCUT2D eigenvalue weighted by molar-refractivity contribution is 0.0600. The average molecular weight is 309 g/mol. The van der Waals surface area contributed by atoms with Gasteiger partial charge in [0.1, 0.15) is 11.3 Å². The van der Waals surface area contributed by atoms with Gasteiger partial charge in [0.05, 0.1) is 11.7 Å². The van der Waals surface area contributed by atoms with Crippen LogP contribution >= 0.6 is 0 Å². The fourth-order valence-electron chi connectivity index (χ4n) is 3.35. The number of hydrogen-bond donors (Lipinski definition) is 1. The summed E-state index contributed by atoms with van der Waals surface area (Å²) < 4.78 is 1.96. The van der Waals surface area contributed by atoms with E-state index in [0.717, 1.165) is 42.8 Å². The lowest BCUT2D eigenvalue weighted by Crippen LogP contribution is -2.38. The van der Waals surface area contributed by atoms with Crippen molar-refractivity contribution in [2.45, 2.75) is 32.2 Å². The minimum Gasteiger partial charge on any atom is -0.329 e. The molecule has 6 nitrogen and oxygen atoms in total. The smallest absolute Gasteiger partial charge is 0.274 e. The van der Waals surface area contributed by atoms with Crippen molar-refractivity contribution in [2.75, 3.05) is 6.54 Å². The molecule has 1 aliphatic heterocycles. The number of rotatable bonds is 2. The first-order valence-electron chi connectivity index (χ1n) is 7.99. The second-order valence-corrected chi connectivity index (χ2v) is 6.04. The van der Waals surface area contributed by atoms with Crippen molar-refractivity contribution in [1.82, 2.24) is 24.5 Å². The molecule has 0 aromatic carbocycles. The lowest BCUT2D eigenvalue weighted by Gasteiger charge is -2.34. The number of H-pyrrole nitrogens is 1. The van der Waals surface area contributed by atoms with Crippen molar-refractivity contribution >= 4 is 11.6 Å². The zero-order valence-electron chi connectivity index (χ0n) is 13.1. The highest BCUT2D eigenvalue weighted by molar-refractivity contribution is 5.93. The number of fused-ring (bicyclic) bond motifs is 1. The summed E-state index contributed by atoms with van der Waals surface area (Å²) >= 11 is 0. The monoisotopic (exact) mass is 309 g/mol. The number of amides is 1. The Morgan fingerprint density at radius 2 is 2.22 bits per heavy atom. The number of piperidine rings is 1. The number of carbonyl (C=O) groups is 1. The molecular weight excluding hydrogens is 290 g/mol. The molecule has 1 amide bonds. The Labute approximate surface area is 134 Å². The Kier molecular flexibility index (Phi) is 3.37. The van der Waals surface area contributed by atoms with E-state index in [9.17, 15) is 4.79 Å². The number of aryl methyl sites for hydroxylation is 1. The Morgan fingerprint density at radius 3 is 3.00 bits per heavy atom. The second-order valence-electron chi connectivity index (χ2n) is 6.04. The summed E-state index contributed by atoms with van der Waals surface area (Å²) in [5.41, 5.74) is 3.38. The summed E-state index contributed by atoms with van der Waals surface area (Å²) in [6, 6.07) is 7.90. The van der Waals surface area contributed by atoms with Crippen LogP contribution in [0.3, 0.4) is 0 Å². The Bertz CT molecular complexity index is 836. The topological polar surface area (TPSA) is 66.3 Å². The van der Waals surface area contributed by atoms with Crippen LogP contribution in [0.2, 0.25) is 0 Å². The number of carbonyl (C=O) groups excluding carboxylic acids is 1. The average Bonchev–Trinajstić information content (AvgIpc) is 3.24. The fraction of sp³-hybridized carbons (Fsp3) is 0.353. The van der Waals surface area contributed by atoms with Crippen LogP contribution in [0.1, 0.15) is 47.2 Å². The van der Waals surface area contributed by atoms with Crippen LogP contribution in [0, 0.1) is 6.92 Å². The first-order valence-corrected chi connectivity index (χ1v) is 7.99. The maximum absolute atomic E-state index is 13.0. The van der Waals surface area contributed by atoms with Crippen molar-refractivity contribution in [3.8, 4) is 0 Å². The number of aromatic amines is 1. The fourth-order valence-corrected chi connectivity index (χ4v) is 3.35. The minimum atomic E-state index is -0.00704. The molecule has 1 fully saturated rings. The molecule has 0 unspecified atom stereocenters. The number of aromatic nitrogens is 4. The van der Waals surface area contributed by atoms with Gasteiger partial charge in [0.25, 0.3) is 5.91 Å². The van der Waals surface area contributed by atoms with Gasteiger partial charge < -0.3 is 9.30 Å². The second kappa shape index (κ2) is 5.53. The molecule has 0 radical (unpaired) electrons. The largest absolute Gasteiger partial charge is 0.329 e. The first-order chi connectivity index (χ1) is 11.2. The van der Waals surface area contributed by atoms with Gasteiger partial charge >= 0.3 is 0 Å². The third-order valence-corrected chi connectivity index (χ3v) is 4.56. The summed E-state index contributed by atoms with van der Waals surface area (Å²) in [6.45, 7) is 2.77. The standard InChI is InChI=1S/C17H19N5O/c1-12-5-4-7-16-19-14(11-22(12)16)17(23)21-10-3-2-6-15(21)13-8-9-18-20-13/h4-5,7-9,11,15H,2-3,6,10H2,1H3,(H,18,20)/t15-/m0/s1. The molecule has 1 N–H and O–H groups in total. The Hall–Kier alpha value is -2.63. The number of imidazole rings is 1. The molecule has 4 rings (SSSR count). The number of likely N-dealkylation sites (tertiary alicyclic amines) is 1. The van der Waals surface area contributed by atoms with Crippen LogP contribution in [-0.4, -0.2) is 36.9 Å². The van der Waals surface area contributed by atoms with E-state index in [1.54, 1.807) is 6.20 Å². The normalized spacial score (nSPS) is 18.5. The predicted octanol–water partition coefficient (Wildman–Crippen LogP) is 2.73. The van der Waals surface area contributed by atoms with Crippen molar-refractivity contribution in [3.05, 3.63) is 53.7 Å². The molecule has 0 spiro atoms. The molecule has 118 valence electrons. The van der Waals surface area contributed by atoms with Crippen molar-refractivity contribution in [1.29, 1.82) is 0 Å². The molecule has 4 heterocycles. The minimum absolute atomic E-state index is 0.00704. The van der Waals surface area contributed by atoms with E-state index >= 15 is 0 Å². The SMILES string of the molecule is Cc1cccc2nc(C(=O)N3CCCC[C@H]3c3ccn[nH]3)cn12. The summed E-state index contributed by atoms with van der Waals surface area (Å²) in [5.74, 6) is -0.00704. The van der Waals surface area contributed by atoms with Gasteiger partial charge in [-0.25, -0.2) is 4.98 Å². The highest BCUT2D eigenvalue weighted by Gasteiger charge is 2.30. The van der Waals surface area contributed by atoms with Crippen molar-refractivity contribution in [3.63, 3.8) is 0 Å². The highest BCUT2D eigenvalue weighted by Crippen LogP contribution is 2.30. The molecular formula is C17H19N5O. The highest BCUT2D eigenvalue weighted by atomic mass is 16.2. The molecule has 6 heteroatoms. The van der Waals surface area contributed by atoms with Gasteiger partial charge in [-0.2, -0.15) is 5.10 Å². The molecule has 0 bridgehead atoms. The number of nitrogens with one attached hydrogen (secondary N) is 1. The Balaban J connectivity index is 1.69. The van der Waals surface area contributed by atoms with Crippen LogP contribution in [0.25, 0.3) is 5.65 Å². The van der Waals surface area contributed by atoms with E-state index in [-0.39, 0.29) is 11.9 Å². The molecule has 1 aliphatic rings. The maximum atomic E-state index is 13.0. The summed E-state index contributed by atoms with van der Waals surface area (Å²) in [5, 5.41) is 7.04. The van der Waals surface area contributed by atoms with Crippen LogP contribution < -0.4 is 0 Å². The van der Waals surface area contributed by atoms with E-state index in [0.29, 0.717) is 5.69 Å². The van der Waals surface area contributed by atoms with E-state index in [4.69, 9.17) is 0 Å². The number of pyridine rings is 1. The molecule has 3 aromatic heterocycles. The van der Waals surface area contributed by atoms with Crippen LogP contribution in [0.5, 0.6) is 0 Å². The van der Waals surface area contributed by atoms with Gasteiger partial charge in [-0.3, -0.25) is 9.89 Å². The van der Waals surface area contributed by atoms with Crippen LogP contribution in [0.15, 0.2) is 36.7 Å². The van der Waals surface area contributed by atoms with Crippen LogP contribution in [-0.2, 0) is 0 Å². The van der Waals surface area contributed by atoms with Crippen LogP contribution in [0.4, 0.5) is 0 Å². The molecule has 3 aromatic rings. The van der Waals surface area contributed by atoms with Crippen molar-refractivity contribution in [2.24, 2.45) is 0 Å². The molecule has 1 saturated heterocycles. The lowest BCUT2D eigenvalue weighted by atomic mass is 9.99. The first kappa shape index (κ1) is 14.0. The molecule has 0 saturated carbocycles. The third kappa shape index (κ3) is 2.40. The molecule has 0 aliphatic carbocycles. The van der Waals surface area contributed by atoms with Gasteiger partial charge in [-0.1, -0.05) is 6.07 Å². The van der Waals surface area contributed by atoms with E-state index in [1.165, 1.54) is 0 Å². The van der Waals surface area contributed by atoms with Gasteiger partial charge in [0, 0.05) is 24.6 Å². The van der Waals surface area contributed by atoms with Gasteiger partial charge in [-0.05, 0) is 44.4 Å². The third-order valence-electron chi connectivity index (χ3n) is 4.56. The molecule has 1 atom stereocenters. The summed E-state index contributed by atoms with van der Waals surface area (Å²) in [6.07, 6.45) is 6.69. The zero-order chi connectivity index (χ0) is 15.8. The van der Waals surface area contributed by atoms with Gasteiger partial charge in [0.15, 0.2) is 0 Å². The Morgan fingerprint density at radius 1 is 1.30 bits per heavy atom. The summed E-state index contributed by atoms with van der Waals surface area (Å²) in [4.78, 5) is 19.4. The molecule has 23 heavy (non-hydrogen) atoms. The number of hydrogen-bond acceptors (Lipinski definition) is 3. The quantitative estimate of drug-likeness (QED) is 0.791. The number of nitrogens with zero attached hydrogens (tertiary/aromatic N) is 4. The maximum Gasteiger partial charge on any atom is 0.274 e. The van der Waals surface area contributed by atoms with E-state index in [2.05, 4.69) is 15.2 Å². The van der Waals surface area contributed by atoms with E-state index < -0.39 is 0 Å². The van der Waals surface area contributed by atoms with E-state index in [1.807, 2.05) is 46.7 Å². The van der Waals surface area contributed by atoms with Gasteiger partial charge in [-0.15, -0.1) is 0 Å². The van der Waals surface area contributed by atoms with Crippen molar-refractivity contribution < 1.29 is 4.79 Å². The predicted molar refractivity (Wildman–Crippen MR) is 86.1 cm³/mol. The summed E-state index contributed by atoms with van der Waals surface area (Å²) in [7, 11) is 0. The zero-order valence-corrected chi connectivity index (χ0v) is 13.1. The van der Waals surface area contributed by atoms with Gasteiger partial charge in [0.2, 0.25) is 0 Å².